The van der Waals surface area contributed by atoms with Crippen LogP contribution in [0.2, 0.25) is 10.0 Å². The topological polar surface area (TPSA) is 105 Å². The quantitative estimate of drug-likeness (QED) is 0.477. The van der Waals surface area contributed by atoms with Crippen LogP contribution in [0, 0.1) is 5.82 Å². The molecular formula is C17H13Cl2FN6O. The Kier molecular flexibility index (Phi) is 5.58. The van der Waals surface area contributed by atoms with Crippen molar-refractivity contribution in [2.45, 2.75) is 0 Å². The van der Waals surface area contributed by atoms with Crippen molar-refractivity contribution < 1.29 is 9.18 Å². The molecule has 10 heteroatoms. The largest absolute Gasteiger partial charge is 0.393 e. The molecule has 138 valence electrons. The van der Waals surface area contributed by atoms with Crippen LogP contribution in [-0.4, -0.2) is 15.9 Å². The molecule has 3 rings (SSSR count). The molecule has 1 amide bonds. The Hall–Kier alpha value is -3.10. The minimum Gasteiger partial charge on any atom is -0.393 e. The fourth-order valence-electron chi connectivity index (χ4n) is 2.15. The summed E-state index contributed by atoms with van der Waals surface area (Å²) in [6.07, 6.45) is 1.23. The van der Waals surface area contributed by atoms with Crippen LogP contribution in [0.5, 0.6) is 0 Å². The van der Waals surface area contributed by atoms with Gasteiger partial charge in [0.2, 0.25) is 0 Å². The number of carbonyl (C=O) groups is 1. The zero-order chi connectivity index (χ0) is 19.4. The third-order valence-electron chi connectivity index (χ3n) is 3.50. The second kappa shape index (κ2) is 8.07. The highest BCUT2D eigenvalue weighted by molar-refractivity contribution is 6.43. The molecule has 0 unspecified atom stereocenters. The number of aromatic nitrogens is 2. The summed E-state index contributed by atoms with van der Waals surface area (Å²) in [5.41, 5.74) is 11.4. The molecule has 1 heterocycles. The highest BCUT2D eigenvalue weighted by atomic mass is 35.5. The summed E-state index contributed by atoms with van der Waals surface area (Å²) in [5.74, 6) is -0.962. The number of rotatable bonds is 5. The zero-order valence-electron chi connectivity index (χ0n) is 13.6. The summed E-state index contributed by atoms with van der Waals surface area (Å²) in [6.45, 7) is 0. The monoisotopic (exact) mass is 406 g/mol. The maximum Gasteiger partial charge on any atom is 0.272 e. The number of nitrogens with zero attached hydrogens (tertiary/aromatic N) is 2. The van der Waals surface area contributed by atoms with Gasteiger partial charge in [0.1, 0.15) is 17.8 Å². The van der Waals surface area contributed by atoms with Gasteiger partial charge >= 0.3 is 0 Å². The van der Waals surface area contributed by atoms with E-state index in [9.17, 15) is 9.18 Å². The number of benzene rings is 2. The number of hydrogen-bond donors (Lipinski definition) is 4. The van der Waals surface area contributed by atoms with E-state index in [0.29, 0.717) is 15.7 Å². The lowest BCUT2D eigenvalue weighted by Gasteiger charge is -2.14. The Morgan fingerprint density at radius 3 is 2.56 bits per heavy atom. The fourth-order valence-corrected chi connectivity index (χ4v) is 2.50. The molecule has 27 heavy (non-hydrogen) atoms. The van der Waals surface area contributed by atoms with Crippen LogP contribution < -0.4 is 21.9 Å². The molecule has 3 aromatic rings. The molecule has 5 N–H and O–H groups in total. The third-order valence-corrected chi connectivity index (χ3v) is 4.32. The number of nitrogen functional groups attached to an aromatic ring is 1. The van der Waals surface area contributed by atoms with E-state index in [2.05, 4.69) is 26.1 Å². The van der Waals surface area contributed by atoms with Crippen LogP contribution >= 0.6 is 23.2 Å². The summed E-state index contributed by atoms with van der Waals surface area (Å²) in [5, 5.41) is 3.62. The Morgan fingerprint density at radius 1 is 1.04 bits per heavy atom. The molecule has 0 fully saturated rings. The fraction of sp³-hybridized carbons (Fsp3) is 0. The van der Waals surface area contributed by atoms with Crippen molar-refractivity contribution in [1.29, 1.82) is 0 Å². The Balaban J connectivity index is 1.76. The number of carbonyl (C=O) groups excluding carboxylic acids is 1. The van der Waals surface area contributed by atoms with E-state index in [1.165, 1.54) is 24.5 Å². The van der Waals surface area contributed by atoms with Gasteiger partial charge in [0, 0.05) is 0 Å². The number of hydrazine groups is 1. The number of anilines is 4. The van der Waals surface area contributed by atoms with Crippen LogP contribution in [0.4, 0.5) is 27.4 Å². The second-order valence-corrected chi connectivity index (χ2v) is 6.06. The first-order chi connectivity index (χ1) is 13.0. The normalized spacial score (nSPS) is 10.3. The van der Waals surface area contributed by atoms with E-state index in [1.807, 2.05) is 0 Å². The predicted molar refractivity (Wildman–Crippen MR) is 104 cm³/mol. The van der Waals surface area contributed by atoms with E-state index < -0.39 is 11.7 Å². The Labute approximate surface area is 163 Å². The molecule has 0 spiro atoms. The smallest absolute Gasteiger partial charge is 0.272 e. The van der Waals surface area contributed by atoms with Gasteiger partial charge in [-0.25, -0.2) is 14.4 Å². The van der Waals surface area contributed by atoms with Gasteiger partial charge < -0.3 is 11.1 Å². The first-order valence-corrected chi connectivity index (χ1v) is 8.35. The summed E-state index contributed by atoms with van der Waals surface area (Å²) >= 11 is 12.1. The first-order valence-electron chi connectivity index (χ1n) is 7.59. The van der Waals surface area contributed by atoms with Crippen molar-refractivity contribution in [2.24, 2.45) is 0 Å². The number of nitrogens with one attached hydrogen (secondary N) is 3. The van der Waals surface area contributed by atoms with Gasteiger partial charge in [-0.1, -0.05) is 41.4 Å². The molecule has 2 aromatic carbocycles. The molecule has 0 aliphatic rings. The van der Waals surface area contributed by atoms with Crippen molar-refractivity contribution in [3.8, 4) is 0 Å². The lowest BCUT2D eigenvalue weighted by molar-refractivity contribution is 0.0958. The van der Waals surface area contributed by atoms with Crippen LogP contribution in [0.15, 0.2) is 48.8 Å². The number of amides is 1. The molecule has 0 radical (unpaired) electrons. The number of halogens is 3. The van der Waals surface area contributed by atoms with Crippen LogP contribution in [0.1, 0.15) is 10.4 Å². The van der Waals surface area contributed by atoms with Gasteiger partial charge in [-0.2, -0.15) is 0 Å². The molecule has 0 aliphatic heterocycles. The molecule has 1 aromatic heterocycles. The predicted octanol–water partition coefficient (Wildman–Crippen LogP) is 4.01. The summed E-state index contributed by atoms with van der Waals surface area (Å²) in [6, 6.07) is 10.6. The average molecular weight is 407 g/mol. The van der Waals surface area contributed by atoms with Gasteiger partial charge in [-0.15, -0.1) is 0 Å². The molecule has 0 atom stereocenters. The van der Waals surface area contributed by atoms with E-state index in [0.717, 1.165) is 0 Å². The minimum absolute atomic E-state index is 0.113. The maximum absolute atomic E-state index is 13.6. The Morgan fingerprint density at radius 2 is 1.78 bits per heavy atom. The van der Waals surface area contributed by atoms with E-state index >= 15 is 0 Å². The first kappa shape index (κ1) is 18.7. The highest BCUT2D eigenvalue weighted by Crippen LogP contribution is 2.33. The zero-order valence-corrected chi connectivity index (χ0v) is 15.1. The number of hydrogen-bond acceptors (Lipinski definition) is 6. The van der Waals surface area contributed by atoms with Crippen LogP contribution in [-0.2, 0) is 0 Å². The lowest BCUT2D eigenvalue weighted by Crippen LogP contribution is -2.31. The third kappa shape index (κ3) is 4.18. The lowest BCUT2D eigenvalue weighted by atomic mass is 10.2. The van der Waals surface area contributed by atoms with Gasteiger partial charge in [0.25, 0.3) is 5.91 Å². The highest BCUT2D eigenvalue weighted by Gasteiger charge is 2.14. The van der Waals surface area contributed by atoms with E-state index in [-0.39, 0.29) is 22.9 Å². The summed E-state index contributed by atoms with van der Waals surface area (Å²) < 4.78 is 13.6. The van der Waals surface area contributed by atoms with Gasteiger partial charge in [-0.3, -0.25) is 15.6 Å². The van der Waals surface area contributed by atoms with Gasteiger partial charge in [0.15, 0.2) is 11.6 Å². The molecule has 0 saturated carbocycles. The Bertz CT molecular complexity index is 1000. The van der Waals surface area contributed by atoms with Gasteiger partial charge in [0.05, 0.1) is 21.3 Å². The molecular weight excluding hydrogens is 394 g/mol. The van der Waals surface area contributed by atoms with Crippen molar-refractivity contribution >= 4 is 52.1 Å². The van der Waals surface area contributed by atoms with Crippen LogP contribution in [0.25, 0.3) is 0 Å². The van der Waals surface area contributed by atoms with E-state index in [1.54, 1.807) is 24.3 Å². The SMILES string of the molecule is Nc1c(NNC(=O)c2ccccc2F)ncnc1Nc1cccc(Cl)c1Cl. The maximum atomic E-state index is 13.6. The van der Waals surface area contributed by atoms with E-state index in [4.69, 9.17) is 28.9 Å². The average Bonchev–Trinajstić information content (AvgIpc) is 2.66. The summed E-state index contributed by atoms with van der Waals surface area (Å²) in [4.78, 5) is 20.1. The van der Waals surface area contributed by atoms with Gasteiger partial charge in [-0.05, 0) is 24.3 Å². The minimum atomic E-state index is -0.682. The molecule has 0 aliphatic carbocycles. The standard InChI is InChI=1S/C17H13Cl2FN6O/c18-10-5-3-7-12(13(10)19)24-15-14(21)16(23-8-22-15)25-26-17(27)9-4-1-2-6-11(9)20/h1-8H,21H2,(H,26,27)(H2,22,23,24,25). The number of nitrogens with two attached hydrogens (primary N) is 1. The summed E-state index contributed by atoms with van der Waals surface area (Å²) in [7, 11) is 0. The molecule has 0 saturated heterocycles. The van der Waals surface area contributed by atoms with Crippen molar-refractivity contribution in [1.82, 2.24) is 15.4 Å². The molecule has 7 nitrogen and oxygen atoms in total. The second-order valence-electron chi connectivity index (χ2n) is 5.27. The van der Waals surface area contributed by atoms with Crippen molar-refractivity contribution in [3.63, 3.8) is 0 Å². The van der Waals surface area contributed by atoms with Crippen molar-refractivity contribution in [2.75, 3.05) is 16.5 Å². The van der Waals surface area contributed by atoms with Crippen molar-refractivity contribution in [3.05, 3.63) is 70.2 Å². The molecule has 0 bridgehead atoms. The van der Waals surface area contributed by atoms with Crippen LogP contribution in [0.3, 0.4) is 0 Å².